The van der Waals surface area contributed by atoms with E-state index in [9.17, 15) is 9.50 Å². The molecule has 0 fully saturated rings. The molecule has 0 bridgehead atoms. The molecule has 1 heterocycles. The molecule has 0 spiro atoms. The van der Waals surface area contributed by atoms with Gasteiger partial charge in [0.2, 0.25) is 0 Å². The summed E-state index contributed by atoms with van der Waals surface area (Å²) >= 11 is 1.66. The fourth-order valence-electron chi connectivity index (χ4n) is 1.78. The monoisotopic (exact) mass is 250 g/mol. The van der Waals surface area contributed by atoms with Gasteiger partial charge in [-0.1, -0.05) is 12.1 Å². The van der Waals surface area contributed by atoms with Gasteiger partial charge in [-0.05, 0) is 59.3 Å². The van der Waals surface area contributed by atoms with E-state index in [-0.39, 0.29) is 5.82 Å². The highest BCUT2D eigenvalue weighted by Crippen LogP contribution is 2.21. The number of aryl methyl sites for hydroxylation is 2. The molecule has 1 nitrogen and oxygen atoms in total. The molecule has 2 rings (SSSR count). The fraction of sp³-hybridized carbons (Fsp3) is 0.286. The van der Waals surface area contributed by atoms with Gasteiger partial charge in [-0.15, -0.1) is 0 Å². The number of hydrogen-bond donors (Lipinski definition) is 1. The first kappa shape index (κ1) is 12.3. The number of aliphatic hydroxyl groups excluding tert-OH is 1. The van der Waals surface area contributed by atoms with Crippen LogP contribution in [0.5, 0.6) is 0 Å². The van der Waals surface area contributed by atoms with Crippen LogP contribution in [0.15, 0.2) is 35.0 Å². The largest absolute Gasteiger partial charge is 0.388 e. The first-order valence-corrected chi connectivity index (χ1v) is 6.56. The molecule has 3 heteroatoms. The maximum Gasteiger partial charge on any atom is 0.126 e. The Morgan fingerprint density at radius 1 is 1.35 bits per heavy atom. The number of hydrogen-bond acceptors (Lipinski definition) is 2. The van der Waals surface area contributed by atoms with Gasteiger partial charge in [-0.3, -0.25) is 0 Å². The van der Waals surface area contributed by atoms with Crippen molar-refractivity contribution in [1.29, 1.82) is 0 Å². The van der Waals surface area contributed by atoms with Gasteiger partial charge < -0.3 is 5.11 Å². The first-order valence-electron chi connectivity index (χ1n) is 5.62. The van der Waals surface area contributed by atoms with Crippen molar-refractivity contribution in [2.75, 3.05) is 0 Å². The fourth-order valence-corrected chi connectivity index (χ4v) is 2.48. The summed E-state index contributed by atoms with van der Waals surface area (Å²) in [6.07, 6.45) is 0.998. The topological polar surface area (TPSA) is 20.2 Å². The number of aliphatic hydroxyl groups is 1. The highest BCUT2D eigenvalue weighted by molar-refractivity contribution is 7.07. The van der Waals surface area contributed by atoms with Crippen LogP contribution in [0.25, 0.3) is 0 Å². The zero-order chi connectivity index (χ0) is 12.3. The van der Waals surface area contributed by atoms with Crippen molar-refractivity contribution in [3.8, 4) is 0 Å². The van der Waals surface area contributed by atoms with Crippen LogP contribution < -0.4 is 0 Å². The average Bonchev–Trinajstić information content (AvgIpc) is 2.82. The molecule has 90 valence electrons. The lowest BCUT2D eigenvalue weighted by Crippen LogP contribution is -2.00. The molecule has 0 aliphatic rings. The van der Waals surface area contributed by atoms with E-state index in [0.29, 0.717) is 12.0 Å². The van der Waals surface area contributed by atoms with E-state index in [1.165, 1.54) is 11.6 Å². The van der Waals surface area contributed by atoms with E-state index >= 15 is 0 Å². The van der Waals surface area contributed by atoms with Gasteiger partial charge in [0.05, 0.1) is 6.10 Å². The molecular formula is C14H15FOS. The first-order chi connectivity index (χ1) is 8.16. The SMILES string of the molecule is Cc1cc(C(O)CCc2ccsc2)ccc1F. The lowest BCUT2D eigenvalue weighted by Gasteiger charge is -2.11. The summed E-state index contributed by atoms with van der Waals surface area (Å²) in [7, 11) is 0. The van der Waals surface area contributed by atoms with Crippen LogP contribution in [-0.4, -0.2) is 5.11 Å². The van der Waals surface area contributed by atoms with E-state index < -0.39 is 6.10 Å². The Bertz CT molecular complexity index is 479. The second kappa shape index (κ2) is 5.43. The summed E-state index contributed by atoms with van der Waals surface area (Å²) in [5.41, 5.74) is 2.61. The Balaban J connectivity index is 1.99. The molecule has 0 saturated carbocycles. The molecular weight excluding hydrogens is 235 g/mol. The van der Waals surface area contributed by atoms with Crippen LogP contribution in [-0.2, 0) is 6.42 Å². The van der Waals surface area contributed by atoms with Crippen LogP contribution in [0.4, 0.5) is 4.39 Å². The van der Waals surface area contributed by atoms with Crippen molar-refractivity contribution >= 4 is 11.3 Å². The van der Waals surface area contributed by atoms with Crippen molar-refractivity contribution < 1.29 is 9.50 Å². The van der Waals surface area contributed by atoms with Crippen molar-refractivity contribution in [2.24, 2.45) is 0 Å². The lowest BCUT2D eigenvalue weighted by atomic mass is 10.0. The zero-order valence-electron chi connectivity index (χ0n) is 9.69. The van der Waals surface area contributed by atoms with Gasteiger partial charge in [0, 0.05) is 0 Å². The lowest BCUT2D eigenvalue weighted by molar-refractivity contribution is 0.167. The van der Waals surface area contributed by atoms with E-state index in [2.05, 4.69) is 11.4 Å². The predicted octanol–water partition coefficient (Wildman–Crippen LogP) is 3.86. The third-order valence-corrected chi connectivity index (χ3v) is 3.59. The normalized spacial score (nSPS) is 12.6. The van der Waals surface area contributed by atoms with Crippen molar-refractivity contribution in [2.45, 2.75) is 25.9 Å². The molecule has 1 atom stereocenters. The van der Waals surface area contributed by atoms with Gasteiger partial charge in [0.25, 0.3) is 0 Å². The molecule has 17 heavy (non-hydrogen) atoms. The van der Waals surface area contributed by atoms with E-state index in [0.717, 1.165) is 12.0 Å². The molecule has 1 aromatic carbocycles. The quantitative estimate of drug-likeness (QED) is 0.873. The molecule has 0 saturated heterocycles. The van der Waals surface area contributed by atoms with Crippen molar-refractivity contribution in [3.05, 3.63) is 57.5 Å². The standard InChI is InChI=1S/C14H15FOS/c1-10-8-12(3-4-13(10)15)14(16)5-2-11-6-7-17-9-11/h3-4,6-9,14,16H,2,5H2,1H3. The number of rotatable bonds is 4. The van der Waals surface area contributed by atoms with Crippen LogP contribution in [0, 0.1) is 12.7 Å². The number of halogens is 1. The van der Waals surface area contributed by atoms with E-state index in [4.69, 9.17) is 0 Å². The van der Waals surface area contributed by atoms with Crippen molar-refractivity contribution in [1.82, 2.24) is 0 Å². The summed E-state index contributed by atoms with van der Waals surface area (Å²) in [6.45, 7) is 1.71. The zero-order valence-corrected chi connectivity index (χ0v) is 10.5. The van der Waals surface area contributed by atoms with Gasteiger partial charge in [-0.25, -0.2) is 4.39 Å². The minimum atomic E-state index is -0.519. The summed E-state index contributed by atoms with van der Waals surface area (Å²) in [6, 6.07) is 6.85. The molecule has 0 radical (unpaired) electrons. The summed E-state index contributed by atoms with van der Waals surface area (Å²) in [4.78, 5) is 0. The third kappa shape index (κ3) is 3.14. The van der Waals surface area contributed by atoms with Crippen LogP contribution in [0.3, 0.4) is 0 Å². The number of thiophene rings is 1. The Kier molecular flexibility index (Phi) is 3.92. The minimum Gasteiger partial charge on any atom is -0.388 e. The minimum absolute atomic E-state index is 0.223. The summed E-state index contributed by atoms with van der Waals surface area (Å²) in [5.74, 6) is -0.223. The molecule has 1 N–H and O–H groups in total. The highest BCUT2D eigenvalue weighted by atomic mass is 32.1. The van der Waals surface area contributed by atoms with Crippen LogP contribution >= 0.6 is 11.3 Å². The smallest absolute Gasteiger partial charge is 0.126 e. The second-order valence-electron chi connectivity index (χ2n) is 4.19. The summed E-state index contributed by atoms with van der Waals surface area (Å²) in [5, 5.41) is 14.1. The van der Waals surface area contributed by atoms with Gasteiger partial charge in [-0.2, -0.15) is 11.3 Å². The van der Waals surface area contributed by atoms with E-state index in [1.807, 2.05) is 5.38 Å². The Hall–Kier alpha value is -1.19. The highest BCUT2D eigenvalue weighted by Gasteiger charge is 2.09. The van der Waals surface area contributed by atoms with E-state index in [1.54, 1.807) is 30.4 Å². The molecule has 1 aromatic heterocycles. The number of benzene rings is 1. The Morgan fingerprint density at radius 2 is 2.18 bits per heavy atom. The second-order valence-corrected chi connectivity index (χ2v) is 4.97. The molecule has 0 amide bonds. The maximum absolute atomic E-state index is 13.1. The average molecular weight is 250 g/mol. The molecule has 0 aliphatic heterocycles. The van der Waals surface area contributed by atoms with Gasteiger partial charge >= 0.3 is 0 Å². The molecule has 0 aliphatic carbocycles. The molecule has 1 unspecified atom stereocenters. The Morgan fingerprint density at radius 3 is 2.82 bits per heavy atom. The maximum atomic E-state index is 13.1. The Labute approximate surface area is 105 Å². The predicted molar refractivity (Wildman–Crippen MR) is 68.7 cm³/mol. The summed E-state index contributed by atoms with van der Waals surface area (Å²) < 4.78 is 13.1. The van der Waals surface area contributed by atoms with Crippen molar-refractivity contribution in [3.63, 3.8) is 0 Å². The molecule has 2 aromatic rings. The third-order valence-electron chi connectivity index (χ3n) is 2.85. The van der Waals surface area contributed by atoms with Gasteiger partial charge in [0.15, 0.2) is 0 Å². The van der Waals surface area contributed by atoms with Gasteiger partial charge in [0.1, 0.15) is 5.82 Å². The van der Waals surface area contributed by atoms with Crippen LogP contribution in [0.2, 0.25) is 0 Å². The van der Waals surface area contributed by atoms with Crippen LogP contribution in [0.1, 0.15) is 29.2 Å².